The molecule has 0 amide bonds. The number of thiophene rings is 1. The van der Waals surface area contributed by atoms with Crippen LogP contribution in [0.1, 0.15) is 44.1 Å². The van der Waals surface area contributed by atoms with Gasteiger partial charge in [-0.25, -0.2) is 0 Å². The topological polar surface area (TPSA) is 0 Å². The molecule has 2 rings (SSSR count). The van der Waals surface area contributed by atoms with Crippen LogP contribution in [0.2, 0.25) is 0 Å². The Bertz CT molecular complexity index is 506. The van der Waals surface area contributed by atoms with Crippen molar-refractivity contribution < 1.29 is 0 Å². The minimum absolute atomic E-state index is 0.626. The summed E-state index contributed by atoms with van der Waals surface area (Å²) in [6, 6.07) is 13.4. The molecule has 0 saturated heterocycles. The molecular formula is C17H22S. The quantitative estimate of drug-likeness (QED) is 0.656. The zero-order chi connectivity index (χ0) is 13.1. The van der Waals surface area contributed by atoms with Crippen molar-refractivity contribution in [2.45, 2.75) is 40.0 Å². The van der Waals surface area contributed by atoms with E-state index in [9.17, 15) is 0 Å². The molecule has 1 heterocycles. The molecule has 0 aliphatic heterocycles. The summed E-state index contributed by atoms with van der Waals surface area (Å²) < 4.78 is 0. The van der Waals surface area contributed by atoms with Crippen molar-refractivity contribution >= 4 is 11.3 Å². The van der Waals surface area contributed by atoms with Gasteiger partial charge in [0.1, 0.15) is 0 Å². The molecule has 0 spiro atoms. The van der Waals surface area contributed by atoms with Crippen LogP contribution in [0.25, 0.3) is 10.4 Å². The predicted octanol–water partition coefficient (Wildman–Crippen LogP) is 5.74. The molecule has 2 aromatic rings. The molecule has 0 bridgehead atoms. The van der Waals surface area contributed by atoms with E-state index in [0.29, 0.717) is 11.8 Å². The molecule has 0 aliphatic rings. The van der Waals surface area contributed by atoms with Gasteiger partial charge in [0.25, 0.3) is 0 Å². The van der Waals surface area contributed by atoms with E-state index in [-0.39, 0.29) is 0 Å². The van der Waals surface area contributed by atoms with Crippen LogP contribution in [0.5, 0.6) is 0 Å². The number of hydrogen-bond donors (Lipinski definition) is 0. The smallest absolute Gasteiger partial charge is 0.0348 e. The van der Waals surface area contributed by atoms with Crippen molar-refractivity contribution in [1.29, 1.82) is 0 Å². The fraction of sp³-hybridized carbons (Fsp3) is 0.412. The van der Waals surface area contributed by atoms with Gasteiger partial charge in [0, 0.05) is 9.75 Å². The fourth-order valence-corrected chi connectivity index (χ4v) is 3.26. The van der Waals surface area contributed by atoms with Crippen LogP contribution in [-0.4, -0.2) is 0 Å². The molecule has 0 aliphatic carbocycles. The van der Waals surface area contributed by atoms with E-state index in [1.54, 1.807) is 0 Å². The monoisotopic (exact) mass is 258 g/mol. The Kier molecular flexibility index (Phi) is 4.23. The maximum atomic E-state index is 2.28. The Morgan fingerprint density at radius 1 is 0.944 bits per heavy atom. The summed E-state index contributed by atoms with van der Waals surface area (Å²) >= 11 is 1.94. The molecule has 96 valence electrons. The van der Waals surface area contributed by atoms with Crippen molar-refractivity contribution in [3.8, 4) is 10.4 Å². The molecule has 18 heavy (non-hydrogen) atoms. The standard InChI is InChI=1S/C17H22S/c1-12(2)11-14-7-5-6-8-15(14)17-10-9-16(18-17)13(3)4/h5-10,12-13H,11H2,1-4H3. The van der Waals surface area contributed by atoms with Gasteiger partial charge in [0.05, 0.1) is 0 Å². The normalized spacial score (nSPS) is 11.4. The second kappa shape index (κ2) is 5.71. The first-order valence-corrected chi connectivity index (χ1v) is 7.57. The highest BCUT2D eigenvalue weighted by Crippen LogP contribution is 2.34. The molecule has 1 aromatic carbocycles. The molecule has 0 N–H and O–H groups in total. The Labute approximate surface area is 115 Å². The van der Waals surface area contributed by atoms with E-state index < -0.39 is 0 Å². The number of hydrogen-bond acceptors (Lipinski definition) is 1. The van der Waals surface area contributed by atoms with Crippen molar-refractivity contribution in [2.24, 2.45) is 5.92 Å². The van der Waals surface area contributed by atoms with Gasteiger partial charge in [0.2, 0.25) is 0 Å². The summed E-state index contributed by atoms with van der Waals surface area (Å²) in [5.74, 6) is 1.33. The highest BCUT2D eigenvalue weighted by molar-refractivity contribution is 7.15. The molecule has 0 nitrogen and oxygen atoms in total. The van der Waals surface area contributed by atoms with Gasteiger partial charge in [-0.3, -0.25) is 0 Å². The highest BCUT2D eigenvalue weighted by Gasteiger charge is 2.10. The van der Waals surface area contributed by atoms with E-state index in [1.165, 1.54) is 20.9 Å². The Balaban J connectivity index is 2.36. The Morgan fingerprint density at radius 3 is 2.28 bits per heavy atom. The van der Waals surface area contributed by atoms with Crippen LogP contribution in [0.15, 0.2) is 36.4 Å². The highest BCUT2D eigenvalue weighted by atomic mass is 32.1. The van der Waals surface area contributed by atoms with Crippen molar-refractivity contribution in [2.75, 3.05) is 0 Å². The van der Waals surface area contributed by atoms with Gasteiger partial charge in [-0.2, -0.15) is 0 Å². The van der Waals surface area contributed by atoms with Crippen LogP contribution in [0.3, 0.4) is 0 Å². The number of benzene rings is 1. The molecule has 0 radical (unpaired) electrons. The van der Waals surface area contributed by atoms with Gasteiger partial charge in [-0.05, 0) is 41.5 Å². The zero-order valence-corrected chi connectivity index (χ0v) is 12.6. The summed E-state index contributed by atoms with van der Waals surface area (Å²) in [6.07, 6.45) is 1.16. The van der Waals surface area contributed by atoms with Crippen LogP contribution in [0.4, 0.5) is 0 Å². The van der Waals surface area contributed by atoms with Gasteiger partial charge in [-0.15, -0.1) is 11.3 Å². The SMILES string of the molecule is CC(C)Cc1ccccc1-c1ccc(C(C)C)s1. The van der Waals surface area contributed by atoms with Gasteiger partial charge >= 0.3 is 0 Å². The summed E-state index contributed by atoms with van der Waals surface area (Å²) in [6.45, 7) is 9.08. The van der Waals surface area contributed by atoms with E-state index >= 15 is 0 Å². The second-order valence-corrected chi connectivity index (χ2v) is 6.73. The summed E-state index contributed by atoms with van der Waals surface area (Å²) in [4.78, 5) is 2.89. The molecule has 0 fully saturated rings. The lowest BCUT2D eigenvalue weighted by Gasteiger charge is -2.10. The van der Waals surface area contributed by atoms with Crippen LogP contribution < -0.4 is 0 Å². The summed E-state index contributed by atoms with van der Waals surface area (Å²) in [7, 11) is 0. The third kappa shape index (κ3) is 3.02. The largest absolute Gasteiger partial charge is 0.140 e. The van der Waals surface area contributed by atoms with E-state index in [2.05, 4.69) is 64.1 Å². The van der Waals surface area contributed by atoms with Crippen molar-refractivity contribution in [3.63, 3.8) is 0 Å². The summed E-state index contributed by atoms with van der Waals surface area (Å²) in [5, 5.41) is 0. The Morgan fingerprint density at radius 2 is 1.67 bits per heavy atom. The first-order valence-electron chi connectivity index (χ1n) is 6.76. The minimum Gasteiger partial charge on any atom is -0.140 e. The third-order valence-corrected chi connectivity index (χ3v) is 4.53. The maximum absolute atomic E-state index is 2.28. The molecule has 0 unspecified atom stereocenters. The molecular weight excluding hydrogens is 236 g/mol. The summed E-state index contributed by atoms with van der Waals surface area (Å²) in [5.41, 5.74) is 2.90. The maximum Gasteiger partial charge on any atom is 0.0348 e. The first kappa shape index (κ1) is 13.4. The average molecular weight is 258 g/mol. The van der Waals surface area contributed by atoms with Crippen molar-refractivity contribution in [3.05, 3.63) is 46.8 Å². The van der Waals surface area contributed by atoms with Gasteiger partial charge in [-0.1, -0.05) is 52.0 Å². The van der Waals surface area contributed by atoms with E-state index in [1.807, 2.05) is 11.3 Å². The minimum atomic E-state index is 0.626. The zero-order valence-electron chi connectivity index (χ0n) is 11.7. The Hall–Kier alpha value is -1.08. The van der Waals surface area contributed by atoms with Crippen LogP contribution >= 0.6 is 11.3 Å². The lowest BCUT2D eigenvalue weighted by atomic mass is 9.97. The predicted molar refractivity (Wildman–Crippen MR) is 82.4 cm³/mol. The average Bonchev–Trinajstić information content (AvgIpc) is 2.78. The molecule has 0 saturated carbocycles. The molecule has 0 atom stereocenters. The van der Waals surface area contributed by atoms with E-state index in [0.717, 1.165) is 6.42 Å². The molecule has 1 heteroatoms. The number of rotatable bonds is 4. The third-order valence-electron chi connectivity index (χ3n) is 3.11. The molecule has 1 aromatic heterocycles. The van der Waals surface area contributed by atoms with Crippen LogP contribution in [0, 0.1) is 5.92 Å². The van der Waals surface area contributed by atoms with Gasteiger partial charge in [0.15, 0.2) is 0 Å². The van der Waals surface area contributed by atoms with E-state index in [4.69, 9.17) is 0 Å². The van der Waals surface area contributed by atoms with Crippen LogP contribution in [-0.2, 0) is 6.42 Å². The van der Waals surface area contributed by atoms with Crippen molar-refractivity contribution in [1.82, 2.24) is 0 Å². The second-order valence-electron chi connectivity index (χ2n) is 5.61. The van der Waals surface area contributed by atoms with Gasteiger partial charge < -0.3 is 0 Å². The fourth-order valence-electron chi connectivity index (χ4n) is 2.19. The lowest BCUT2D eigenvalue weighted by molar-refractivity contribution is 0.648. The first-order chi connectivity index (χ1) is 8.58. The lowest BCUT2D eigenvalue weighted by Crippen LogP contribution is -1.95.